The van der Waals surface area contributed by atoms with Gasteiger partial charge >= 0.3 is 20.9 Å². The van der Waals surface area contributed by atoms with Crippen LogP contribution in [-0.4, -0.2) is 60.4 Å². The van der Waals surface area contributed by atoms with Crippen molar-refractivity contribution in [1.29, 1.82) is 0 Å². The van der Waals surface area contributed by atoms with E-state index in [-0.39, 0.29) is 5.97 Å². The Morgan fingerprint density at radius 1 is 0.778 bits per heavy atom. The SMILES string of the molecule is CCCCCC1CCC(c2ccc(/C=C/C(=O)OCCCCCCOC(=O)NCCC[Si](OCC)(OCC)OCC)cc2)CC1. The van der Waals surface area contributed by atoms with E-state index in [0.717, 1.165) is 37.2 Å². The van der Waals surface area contributed by atoms with E-state index in [9.17, 15) is 9.59 Å². The molecule has 1 aromatic carbocycles. The lowest BCUT2D eigenvalue weighted by Gasteiger charge is -2.29. The van der Waals surface area contributed by atoms with Crippen LogP contribution in [0.1, 0.15) is 128 Å². The summed E-state index contributed by atoms with van der Waals surface area (Å²) in [5, 5.41) is 2.79. The van der Waals surface area contributed by atoms with Crippen LogP contribution in [0.4, 0.5) is 4.79 Å². The van der Waals surface area contributed by atoms with Crippen LogP contribution in [-0.2, 0) is 27.5 Å². The number of benzene rings is 1. The summed E-state index contributed by atoms with van der Waals surface area (Å²) in [6, 6.07) is 9.31. The third kappa shape index (κ3) is 16.8. The van der Waals surface area contributed by atoms with Gasteiger partial charge in [-0.15, -0.1) is 0 Å². The minimum absolute atomic E-state index is 0.316. The smallest absolute Gasteiger partial charge is 0.463 e. The minimum Gasteiger partial charge on any atom is -0.463 e. The first-order chi connectivity index (χ1) is 21.9. The summed E-state index contributed by atoms with van der Waals surface area (Å²) in [7, 11) is -2.68. The van der Waals surface area contributed by atoms with Gasteiger partial charge in [0.2, 0.25) is 0 Å². The summed E-state index contributed by atoms with van der Waals surface area (Å²) in [6.07, 6.45) is 17.7. The van der Waals surface area contributed by atoms with Crippen molar-refractivity contribution >= 4 is 26.9 Å². The fraction of sp³-hybridized carbons (Fsp3) is 0.722. The predicted octanol–water partition coefficient (Wildman–Crippen LogP) is 8.82. The summed E-state index contributed by atoms with van der Waals surface area (Å²) < 4.78 is 28.1. The zero-order valence-electron chi connectivity index (χ0n) is 28.6. The van der Waals surface area contributed by atoms with E-state index in [1.807, 2.05) is 26.8 Å². The van der Waals surface area contributed by atoms with Gasteiger partial charge in [0.15, 0.2) is 0 Å². The van der Waals surface area contributed by atoms with E-state index in [2.05, 4.69) is 36.5 Å². The number of unbranched alkanes of at least 4 members (excludes halogenated alkanes) is 5. The van der Waals surface area contributed by atoms with Crippen molar-refractivity contribution in [3.63, 3.8) is 0 Å². The van der Waals surface area contributed by atoms with Crippen molar-refractivity contribution in [1.82, 2.24) is 5.32 Å². The molecule has 8 nitrogen and oxygen atoms in total. The predicted molar refractivity (Wildman–Crippen MR) is 183 cm³/mol. The monoisotopic (exact) mass is 647 g/mol. The van der Waals surface area contributed by atoms with Crippen LogP contribution in [0, 0.1) is 5.92 Å². The highest BCUT2D eigenvalue weighted by Crippen LogP contribution is 2.37. The third-order valence-corrected chi connectivity index (χ3v) is 11.6. The molecule has 0 radical (unpaired) electrons. The first-order valence-electron chi connectivity index (χ1n) is 17.7. The summed E-state index contributed by atoms with van der Waals surface area (Å²) in [5.41, 5.74) is 2.44. The Kier molecular flexibility index (Phi) is 20.8. The molecule has 256 valence electrons. The average molecular weight is 648 g/mol. The van der Waals surface area contributed by atoms with Gasteiger partial charge in [0.25, 0.3) is 0 Å². The molecule has 1 amide bonds. The van der Waals surface area contributed by atoms with Crippen LogP contribution in [0.5, 0.6) is 0 Å². The lowest BCUT2D eigenvalue weighted by Crippen LogP contribution is -2.46. The second kappa shape index (κ2) is 24.0. The Balaban J connectivity index is 1.50. The van der Waals surface area contributed by atoms with E-state index in [1.54, 1.807) is 0 Å². The van der Waals surface area contributed by atoms with Gasteiger partial charge in [-0.1, -0.05) is 56.9 Å². The van der Waals surface area contributed by atoms with E-state index < -0.39 is 14.9 Å². The van der Waals surface area contributed by atoms with Crippen molar-refractivity contribution in [3.05, 3.63) is 41.5 Å². The highest BCUT2D eigenvalue weighted by molar-refractivity contribution is 6.60. The van der Waals surface area contributed by atoms with Crippen molar-refractivity contribution in [2.24, 2.45) is 5.92 Å². The molecule has 1 saturated carbocycles. The van der Waals surface area contributed by atoms with Crippen LogP contribution < -0.4 is 5.32 Å². The second-order valence-electron chi connectivity index (χ2n) is 11.9. The highest BCUT2D eigenvalue weighted by atomic mass is 28.4. The van der Waals surface area contributed by atoms with Gasteiger partial charge in [0.05, 0.1) is 13.2 Å². The molecule has 1 N–H and O–H groups in total. The molecule has 0 spiro atoms. The first kappa shape index (κ1) is 39.0. The highest BCUT2D eigenvalue weighted by Gasteiger charge is 2.39. The Morgan fingerprint density at radius 3 is 2.00 bits per heavy atom. The van der Waals surface area contributed by atoms with Gasteiger partial charge in [0, 0.05) is 38.5 Å². The lowest BCUT2D eigenvalue weighted by molar-refractivity contribution is -0.137. The molecule has 1 fully saturated rings. The summed E-state index contributed by atoms with van der Waals surface area (Å²) in [4.78, 5) is 24.1. The van der Waals surface area contributed by atoms with E-state index in [4.69, 9.17) is 22.8 Å². The molecular formula is C36H61NO7Si. The zero-order chi connectivity index (χ0) is 32.6. The minimum atomic E-state index is -2.68. The number of alkyl carbamates (subject to hydrolysis) is 1. The molecule has 1 aliphatic rings. The van der Waals surface area contributed by atoms with Gasteiger partial charge in [-0.05, 0) is 108 Å². The maximum Gasteiger partial charge on any atom is 0.500 e. The third-order valence-electron chi connectivity index (χ3n) is 8.42. The number of nitrogens with one attached hydrogen (secondary N) is 1. The fourth-order valence-electron chi connectivity index (χ4n) is 6.00. The molecule has 1 aromatic rings. The number of esters is 1. The standard InChI is InChI=1S/C36H61NO7Si/c1-5-9-12-16-31-17-22-33(23-18-31)34-24-19-32(20-25-34)21-26-35(38)40-28-13-10-11-14-29-41-36(39)37-27-15-30-45(42-6-2,43-7-3)44-8-4/h19-21,24-26,31,33H,5-18,22-23,27-30H2,1-4H3,(H,37,39)/b26-21+. The first-order valence-corrected chi connectivity index (χ1v) is 19.7. The van der Waals surface area contributed by atoms with Crippen LogP contribution in [0.15, 0.2) is 30.3 Å². The Hall–Kier alpha value is -2.20. The summed E-state index contributed by atoms with van der Waals surface area (Å²) in [6.45, 7) is 10.9. The number of carbonyl (C=O) groups excluding carboxylic acids is 2. The molecule has 2 rings (SSSR count). The fourth-order valence-corrected chi connectivity index (χ4v) is 8.61. The largest absolute Gasteiger partial charge is 0.500 e. The van der Waals surface area contributed by atoms with Gasteiger partial charge < -0.3 is 28.1 Å². The Labute approximate surface area is 274 Å². The molecule has 0 aromatic heterocycles. The maximum absolute atomic E-state index is 12.1. The number of carbonyl (C=O) groups is 2. The molecule has 0 unspecified atom stereocenters. The van der Waals surface area contributed by atoms with E-state index in [1.165, 1.54) is 63.0 Å². The molecule has 0 heterocycles. The quantitative estimate of drug-likeness (QED) is 0.0519. The number of ether oxygens (including phenoxy) is 2. The molecular weight excluding hydrogens is 586 g/mol. The average Bonchev–Trinajstić information content (AvgIpc) is 3.04. The van der Waals surface area contributed by atoms with Gasteiger partial charge in [-0.25, -0.2) is 9.59 Å². The normalized spacial score (nSPS) is 17.0. The molecule has 9 heteroatoms. The van der Waals surface area contributed by atoms with Crippen LogP contribution in [0.2, 0.25) is 6.04 Å². The molecule has 45 heavy (non-hydrogen) atoms. The van der Waals surface area contributed by atoms with Crippen LogP contribution >= 0.6 is 0 Å². The van der Waals surface area contributed by atoms with Gasteiger partial charge in [-0.2, -0.15) is 0 Å². The molecule has 0 saturated heterocycles. The van der Waals surface area contributed by atoms with Crippen molar-refractivity contribution in [2.45, 2.75) is 123 Å². The van der Waals surface area contributed by atoms with Crippen molar-refractivity contribution in [3.8, 4) is 0 Å². The van der Waals surface area contributed by atoms with Gasteiger partial charge in [-0.3, -0.25) is 0 Å². The molecule has 0 aliphatic heterocycles. The zero-order valence-corrected chi connectivity index (χ0v) is 29.6. The maximum atomic E-state index is 12.1. The van der Waals surface area contributed by atoms with Crippen molar-refractivity contribution < 1.29 is 32.3 Å². The summed E-state index contributed by atoms with van der Waals surface area (Å²) >= 11 is 0. The number of hydrogen-bond acceptors (Lipinski definition) is 7. The Morgan fingerprint density at radius 2 is 1.40 bits per heavy atom. The summed E-state index contributed by atoms with van der Waals surface area (Å²) in [5.74, 6) is 1.28. The molecule has 0 bridgehead atoms. The van der Waals surface area contributed by atoms with Crippen LogP contribution in [0.25, 0.3) is 6.08 Å². The lowest BCUT2D eigenvalue weighted by atomic mass is 9.77. The van der Waals surface area contributed by atoms with Crippen molar-refractivity contribution in [2.75, 3.05) is 39.6 Å². The van der Waals surface area contributed by atoms with Gasteiger partial charge in [0.1, 0.15) is 0 Å². The second-order valence-corrected chi connectivity index (χ2v) is 14.7. The Bertz CT molecular complexity index is 930. The molecule has 1 aliphatic carbocycles. The number of rotatable bonds is 24. The number of amides is 1. The van der Waals surface area contributed by atoms with E-state index >= 15 is 0 Å². The molecule has 0 atom stereocenters. The topological polar surface area (TPSA) is 92.3 Å². The number of hydrogen-bond donors (Lipinski definition) is 1. The van der Waals surface area contributed by atoms with E-state index in [0.29, 0.717) is 58.0 Å². The van der Waals surface area contributed by atoms with Crippen LogP contribution in [0.3, 0.4) is 0 Å².